The van der Waals surface area contributed by atoms with Gasteiger partial charge in [0.2, 0.25) is 5.91 Å². The smallest absolute Gasteiger partial charge is 0.267 e. The lowest BCUT2D eigenvalue weighted by molar-refractivity contribution is -0.122. The van der Waals surface area contributed by atoms with Crippen LogP contribution in [0.3, 0.4) is 0 Å². The van der Waals surface area contributed by atoms with Crippen LogP contribution in [0.4, 0.5) is 0 Å². The normalized spacial score (nSPS) is 10.5. The van der Waals surface area contributed by atoms with Crippen LogP contribution in [0.25, 0.3) is 11.3 Å². The number of carbonyl (C=O) groups excluding carboxylic acids is 1. The summed E-state index contributed by atoms with van der Waals surface area (Å²) in [7, 11) is 0. The van der Waals surface area contributed by atoms with E-state index in [2.05, 4.69) is 15.4 Å². The molecule has 0 unspecified atom stereocenters. The third-order valence-electron chi connectivity index (χ3n) is 4.78. The second-order valence-corrected chi connectivity index (χ2v) is 7.15. The van der Waals surface area contributed by atoms with Gasteiger partial charge in [0.05, 0.1) is 5.69 Å². The molecule has 0 bridgehead atoms. The van der Waals surface area contributed by atoms with Crippen molar-refractivity contribution < 1.29 is 9.53 Å². The number of nitrogens with one attached hydrogen (secondary N) is 1. The maximum absolute atomic E-state index is 12.4. The molecule has 7 heteroatoms. The zero-order chi connectivity index (χ0) is 22.2. The minimum absolute atomic E-state index is 0.162. The fourth-order valence-electron chi connectivity index (χ4n) is 3.07. The molecular weight excluding hydrogens is 404 g/mol. The molecule has 0 radical (unpaired) electrons. The van der Waals surface area contributed by atoms with E-state index >= 15 is 0 Å². The van der Waals surface area contributed by atoms with E-state index in [4.69, 9.17) is 4.74 Å². The van der Waals surface area contributed by atoms with E-state index in [1.807, 2.05) is 60.7 Å². The first-order valence-electron chi connectivity index (χ1n) is 10.2. The molecule has 32 heavy (non-hydrogen) atoms. The summed E-state index contributed by atoms with van der Waals surface area (Å²) >= 11 is 0. The van der Waals surface area contributed by atoms with E-state index in [1.54, 1.807) is 24.5 Å². The Morgan fingerprint density at radius 3 is 2.47 bits per heavy atom. The highest BCUT2D eigenvalue weighted by Crippen LogP contribution is 2.15. The van der Waals surface area contributed by atoms with Gasteiger partial charge in [0.1, 0.15) is 18.9 Å². The summed E-state index contributed by atoms with van der Waals surface area (Å²) in [6.07, 6.45) is 3.32. The van der Waals surface area contributed by atoms with Gasteiger partial charge in [-0.05, 0) is 41.5 Å². The molecule has 0 spiro atoms. The predicted octanol–water partition coefficient (Wildman–Crippen LogP) is 3.20. The van der Waals surface area contributed by atoms with Crippen molar-refractivity contribution in [3.8, 4) is 17.0 Å². The molecule has 4 rings (SSSR count). The van der Waals surface area contributed by atoms with Crippen LogP contribution in [0, 0.1) is 0 Å². The van der Waals surface area contributed by atoms with Gasteiger partial charge in [-0.1, -0.05) is 42.5 Å². The second kappa shape index (κ2) is 10.2. The van der Waals surface area contributed by atoms with Crippen LogP contribution in [0.5, 0.6) is 5.75 Å². The van der Waals surface area contributed by atoms with Crippen molar-refractivity contribution in [1.82, 2.24) is 20.1 Å². The van der Waals surface area contributed by atoms with Crippen molar-refractivity contribution >= 4 is 5.91 Å². The number of pyridine rings is 1. The first-order chi connectivity index (χ1) is 15.7. The fourth-order valence-corrected chi connectivity index (χ4v) is 3.07. The lowest BCUT2D eigenvalue weighted by Gasteiger charge is -2.09. The van der Waals surface area contributed by atoms with E-state index in [0.29, 0.717) is 18.8 Å². The van der Waals surface area contributed by atoms with E-state index in [-0.39, 0.29) is 18.0 Å². The zero-order valence-electron chi connectivity index (χ0n) is 17.3. The average molecular weight is 426 g/mol. The first kappa shape index (κ1) is 21.0. The Kier molecular flexibility index (Phi) is 6.67. The number of ether oxygens (including phenoxy) is 1. The molecule has 2 aromatic carbocycles. The third-order valence-corrected chi connectivity index (χ3v) is 4.78. The van der Waals surface area contributed by atoms with Crippen molar-refractivity contribution in [3.63, 3.8) is 0 Å². The molecule has 1 amide bonds. The largest absolute Gasteiger partial charge is 0.489 e. The fraction of sp³-hybridized carbons (Fsp3) is 0.120. The standard InChI is InChI=1S/C25H22N4O3/c30-24(17-29-25(31)13-12-23(28-29)21-7-4-14-26-16-21)27-15-19-8-10-22(11-9-19)32-18-20-5-2-1-3-6-20/h1-14,16H,15,17-18H2,(H,27,30). The second-order valence-electron chi connectivity index (χ2n) is 7.15. The number of benzene rings is 2. The minimum atomic E-state index is -0.340. The van der Waals surface area contributed by atoms with Gasteiger partial charge in [-0.2, -0.15) is 5.10 Å². The number of rotatable bonds is 8. The Bertz CT molecular complexity index is 1220. The van der Waals surface area contributed by atoms with E-state index < -0.39 is 0 Å². The third kappa shape index (κ3) is 5.66. The molecule has 0 saturated heterocycles. The van der Waals surface area contributed by atoms with Gasteiger partial charge in [0.15, 0.2) is 0 Å². The van der Waals surface area contributed by atoms with Crippen molar-refractivity contribution in [2.24, 2.45) is 0 Å². The van der Waals surface area contributed by atoms with Gasteiger partial charge >= 0.3 is 0 Å². The maximum atomic E-state index is 12.4. The Labute approximate surface area is 185 Å². The van der Waals surface area contributed by atoms with Crippen molar-refractivity contribution in [2.75, 3.05) is 0 Å². The van der Waals surface area contributed by atoms with Crippen LogP contribution in [0.1, 0.15) is 11.1 Å². The molecule has 0 aliphatic carbocycles. The number of amides is 1. The van der Waals surface area contributed by atoms with Gasteiger partial charge in [-0.25, -0.2) is 4.68 Å². The lowest BCUT2D eigenvalue weighted by Crippen LogP contribution is -2.33. The van der Waals surface area contributed by atoms with Gasteiger partial charge in [0, 0.05) is 30.6 Å². The van der Waals surface area contributed by atoms with Gasteiger partial charge in [0.25, 0.3) is 5.56 Å². The number of nitrogens with zero attached hydrogens (tertiary/aromatic N) is 3. The topological polar surface area (TPSA) is 86.1 Å². The molecule has 2 aromatic heterocycles. The zero-order valence-corrected chi connectivity index (χ0v) is 17.3. The summed E-state index contributed by atoms with van der Waals surface area (Å²) in [4.78, 5) is 28.5. The van der Waals surface area contributed by atoms with E-state index in [9.17, 15) is 9.59 Å². The minimum Gasteiger partial charge on any atom is -0.489 e. The Balaban J connectivity index is 1.31. The van der Waals surface area contributed by atoms with Crippen LogP contribution in [-0.2, 0) is 24.5 Å². The quantitative estimate of drug-likeness (QED) is 0.468. The Morgan fingerprint density at radius 1 is 0.906 bits per heavy atom. The van der Waals surface area contributed by atoms with Gasteiger partial charge in [-0.15, -0.1) is 0 Å². The van der Waals surface area contributed by atoms with E-state index in [0.717, 1.165) is 27.1 Å². The maximum Gasteiger partial charge on any atom is 0.267 e. The average Bonchev–Trinajstić information content (AvgIpc) is 2.85. The molecule has 4 aromatic rings. The van der Waals surface area contributed by atoms with Gasteiger partial charge in [-0.3, -0.25) is 14.6 Å². The number of hydrogen-bond donors (Lipinski definition) is 1. The molecule has 0 saturated carbocycles. The summed E-state index contributed by atoms with van der Waals surface area (Å²) in [6, 6.07) is 24.1. The molecule has 0 atom stereocenters. The predicted molar refractivity (Wildman–Crippen MR) is 121 cm³/mol. The molecule has 1 N–H and O–H groups in total. The first-order valence-corrected chi connectivity index (χ1v) is 10.2. The summed E-state index contributed by atoms with van der Waals surface area (Å²) in [5.41, 5.74) is 3.04. The van der Waals surface area contributed by atoms with Crippen LogP contribution >= 0.6 is 0 Å². The van der Waals surface area contributed by atoms with Crippen LogP contribution in [0.2, 0.25) is 0 Å². The summed E-state index contributed by atoms with van der Waals surface area (Å²) in [5.74, 6) is 0.458. The number of hydrogen-bond acceptors (Lipinski definition) is 5. The molecule has 2 heterocycles. The molecule has 0 aliphatic rings. The Hall–Kier alpha value is -4.26. The lowest BCUT2D eigenvalue weighted by atomic mass is 10.2. The summed E-state index contributed by atoms with van der Waals surface area (Å²) < 4.78 is 6.93. The van der Waals surface area contributed by atoms with Crippen LogP contribution in [-0.4, -0.2) is 20.7 Å². The molecule has 160 valence electrons. The molecule has 0 fully saturated rings. The van der Waals surface area contributed by atoms with Crippen LogP contribution in [0.15, 0.2) is 96.1 Å². The summed E-state index contributed by atoms with van der Waals surface area (Å²) in [5, 5.41) is 7.10. The van der Waals surface area contributed by atoms with Crippen molar-refractivity contribution in [1.29, 1.82) is 0 Å². The van der Waals surface area contributed by atoms with Crippen molar-refractivity contribution in [3.05, 3.63) is 113 Å². The van der Waals surface area contributed by atoms with Gasteiger partial charge < -0.3 is 10.1 Å². The molecule has 7 nitrogen and oxygen atoms in total. The summed E-state index contributed by atoms with van der Waals surface area (Å²) in [6.45, 7) is 0.677. The highest BCUT2D eigenvalue weighted by Gasteiger charge is 2.08. The van der Waals surface area contributed by atoms with Crippen molar-refractivity contribution in [2.45, 2.75) is 19.7 Å². The highest BCUT2D eigenvalue weighted by atomic mass is 16.5. The van der Waals surface area contributed by atoms with E-state index in [1.165, 1.54) is 6.07 Å². The highest BCUT2D eigenvalue weighted by molar-refractivity contribution is 5.75. The monoisotopic (exact) mass is 426 g/mol. The molecule has 0 aliphatic heterocycles. The number of aromatic nitrogens is 3. The SMILES string of the molecule is O=C(Cn1nc(-c2cccnc2)ccc1=O)NCc1ccc(OCc2ccccc2)cc1. The van der Waals surface area contributed by atoms with Crippen LogP contribution < -0.4 is 15.6 Å². The number of carbonyl (C=O) groups is 1. The molecular formula is C25H22N4O3. The Morgan fingerprint density at radius 2 is 1.72 bits per heavy atom.